The zero-order valence-electron chi connectivity index (χ0n) is 18.6. The third-order valence-electron chi connectivity index (χ3n) is 5.56. The first-order chi connectivity index (χ1) is 15.8. The Morgan fingerprint density at radius 3 is 2.52 bits per heavy atom. The van der Waals surface area contributed by atoms with Crippen LogP contribution in [0.5, 0.6) is 5.75 Å². The highest BCUT2D eigenvalue weighted by Gasteiger charge is 2.17. The summed E-state index contributed by atoms with van der Waals surface area (Å²) in [6.07, 6.45) is 0.319. The van der Waals surface area contributed by atoms with Crippen LogP contribution in [-0.4, -0.2) is 17.0 Å². The molecule has 1 heterocycles. The van der Waals surface area contributed by atoms with Crippen molar-refractivity contribution in [3.63, 3.8) is 0 Å². The van der Waals surface area contributed by atoms with Gasteiger partial charge in [-0.2, -0.15) is 0 Å². The molecule has 2 unspecified atom stereocenters. The highest BCUT2D eigenvalue weighted by Crippen LogP contribution is 2.30. The van der Waals surface area contributed by atoms with Gasteiger partial charge in [0.1, 0.15) is 11.3 Å². The van der Waals surface area contributed by atoms with Crippen molar-refractivity contribution >= 4 is 45.9 Å². The Morgan fingerprint density at radius 2 is 1.82 bits per heavy atom. The second kappa shape index (κ2) is 9.86. The molecule has 33 heavy (non-hydrogen) atoms. The number of carbonyl (C=O) groups excluding carboxylic acids is 1. The van der Waals surface area contributed by atoms with Gasteiger partial charge in [-0.1, -0.05) is 43.1 Å². The number of benzene rings is 3. The summed E-state index contributed by atoms with van der Waals surface area (Å²) in [5, 5.41) is 3.69. The maximum absolute atomic E-state index is 12.5. The molecule has 1 amide bonds. The number of amides is 1. The molecule has 2 atom stereocenters. The van der Waals surface area contributed by atoms with E-state index in [9.17, 15) is 4.79 Å². The van der Waals surface area contributed by atoms with Crippen molar-refractivity contribution in [3.05, 3.63) is 76.3 Å². The van der Waals surface area contributed by atoms with Crippen molar-refractivity contribution in [2.75, 3.05) is 5.32 Å². The Morgan fingerprint density at radius 1 is 1.06 bits per heavy atom. The summed E-state index contributed by atoms with van der Waals surface area (Å²) in [7, 11) is 0. The molecule has 0 spiro atoms. The number of halogens is 2. The van der Waals surface area contributed by atoms with Gasteiger partial charge < -0.3 is 14.5 Å². The van der Waals surface area contributed by atoms with Gasteiger partial charge in [0, 0.05) is 16.3 Å². The second-order valence-electron chi connectivity index (χ2n) is 7.96. The fourth-order valence-corrected chi connectivity index (χ4v) is 3.82. The molecule has 170 valence electrons. The van der Waals surface area contributed by atoms with Gasteiger partial charge in [-0.3, -0.25) is 4.79 Å². The van der Waals surface area contributed by atoms with Crippen LogP contribution in [0.15, 0.2) is 65.1 Å². The Kier molecular flexibility index (Phi) is 6.91. The van der Waals surface area contributed by atoms with Gasteiger partial charge in [-0.25, -0.2) is 4.98 Å². The summed E-state index contributed by atoms with van der Waals surface area (Å²) < 4.78 is 11.6. The quantitative estimate of drug-likeness (QED) is 0.292. The van der Waals surface area contributed by atoms with Crippen molar-refractivity contribution in [1.82, 2.24) is 4.98 Å². The molecule has 1 aromatic heterocycles. The summed E-state index contributed by atoms with van der Waals surface area (Å²) >= 11 is 12.0. The zero-order valence-corrected chi connectivity index (χ0v) is 20.1. The van der Waals surface area contributed by atoms with Gasteiger partial charge in [0.05, 0.1) is 5.02 Å². The number of oxazole rings is 1. The number of fused-ring (bicyclic) bond motifs is 1. The van der Waals surface area contributed by atoms with Gasteiger partial charge in [-0.15, -0.1) is 0 Å². The molecule has 3 aromatic carbocycles. The Balaban J connectivity index is 1.44. The van der Waals surface area contributed by atoms with Gasteiger partial charge in [0.15, 0.2) is 11.7 Å². The van der Waals surface area contributed by atoms with Gasteiger partial charge in [0.25, 0.3) is 5.91 Å². The Hall–Kier alpha value is -3.02. The minimum Gasteiger partial charge on any atom is -0.479 e. The van der Waals surface area contributed by atoms with E-state index in [1.165, 1.54) is 5.56 Å². The first-order valence-corrected chi connectivity index (χ1v) is 11.5. The van der Waals surface area contributed by atoms with Gasteiger partial charge in [-0.05, 0) is 79.4 Å². The first kappa shape index (κ1) is 23.1. The first-order valence-electron chi connectivity index (χ1n) is 10.8. The highest BCUT2D eigenvalue weighted by atomic mass is 35.5. The molecule has 0 aliphatic carbocycles. The van der Waals surface area contributed by atoms with E-state index in [2.05, 4.69) is 36.3 Å². The normalized spacial score (nSPS) is 13.0. The lowest BCUT2D eigenvalue weighted by molar-refractivity contribution is -0.122. The van der Waals surface area contributed by atoms with E-state index < -0.39 is 6.10 Å². The van der Waals surface area contributed by atoms with E-state index in [4.69, 9.17) is 32.4 Å². The van der Waals surface area contributed by atoms with Gasteiger partial charge in [0.2, 0.25) is 5.89 Å². The SMILES string of the molecule is CCC(C)c1ccc2oc(-c3ccc(NC(=O)C(C)Oc4ccc(Cl)cc4Cl)cc3)nc2c1. The Bertz CT molecular complexity index is 1280. The summed E-state index contributed by atoms with van der Waals surface area (Å²) in [5.74, 6) is 1.11. The monoisotopic (exact) mass is 482 g/mol. The summed E-state index contributed by atoms with van der Waals surface area (Å²) in [6.45, 7) is 6.02. The van der Waals surface area contributed by atoms with Gasteiger partial charge >= 0.3 is 0 Å². The number of anilines is 1. The maximum Gasteiger partial charge on any atom is 0.265 e. The fourth-order valence-electron chi connectivity index (χ4n) is 3.36. The summed E-state index contributed by atoms with van der Waals surface area (Å²) in [6, 6.07) is 18.3. The van der Waals surface area contributed by atoms with Crippen molar-refractivity contribution in [2.24, 2.45) is 0 Å². The van der Waals surface area contributed by atoms with Crippen molar-refractivity contribution in [3.8, 4) is 17.2 Å². The lowest BCUT2D eigenvalue weighted by atomic mass is 9.98. The molecular formula is C26H24Cl2N2O3. The number of nitrogens with one attached hydrogen (secondary N) is 1. The van der Waals surface area contributed by atoms with Crippen molar-refractivity contribution in [1.29, 1.82) is 0 Å². The molecule has 0 aliphatic rings. The average molecular weight is 483 g/mol. The molecule has 5 nitrogen and oxygen atoms in total. The van der Waals surface area contributed by atoms with E-state index in [1.807, 2.05) is 18.2 Å². The van der Waals surface area contributed by atoms with E-state index >= 15 is 0 Å². The van der Waals surface area contributed by atoms with E-state index in [1.54, 1.807) is 37.3 Å². The van der Waals surface area contributed by atoms with Crippen molar-refractivity contribution < 1.29 is 13.9 Å². The topological polar surface area (TPSA) is 64.4 Å². The van der Waals surface area contributed by atoms with Crippen LogP contribution < -0.4 is 10.1 Å². The molecule has 0 radical (unpaired) electrons. The lowest BCUT2D eigenvalue weighted by Crippen LogP contribution is -2.30. The molecule has 0 bridgehead atoms. The summed E-state index contributed by atoms with van der Waals surface area (Å²) in [5.41, 5.74) is 4.30. The number of carbonyl (C=O) groups is 1. The number of aromatic nitrogens is 1. The molecule has 0 aliphatic heterocycles. The van der Waals surface area contributed by atoms with Crippen LogP contribution in [0.2, 0.25) is 10.0 Å². The van der Waals surface area contributed by atoms with Crippen LogP contribution in [0, 0.1) is 0 Å². The predicted octanol–water partition coefficient (Wildman–Crippen LogP) is 7.72. The molecule has 7 heteroatoms. The van der Waals surface area contributed by atoms with Crippen LogP contribution >= 0.6 is 23.2 Å². The second-order valence-corrected chi connectivity index (χ2v) is 8.80. The van der Waals surface area contributed by atoms with Crippen LogP contribution in [-0.2, 0) is 4.79 Å². The minimum absolute atomic E-state index is 0.298. The molecule has 0 fully saturated rings. The van der Waals surface area contributed by atoms with Crippen LogP contribution in [0.3, 0.4) is 0 Å². The number of rotatable bonds is 7. The summed E-state index contributed by atoms with van der Waals surface area (Å²) in [4.78, 5) is 17.2. The third kappa shape index (κ3) is 5.32. The molecule has 4 rings (SSSR count). The van der Waals surface area contributed by atoms with Crippen LogP contribution in [0.4, 0.5) is 5.69 Å². The zero-order chi connectivity index (χ0) is 23.5. The molecular weight excluding hydrogens is 459 g/mol. The minimum atomic E-state index is -0.750. The average Bonchev–Trinajstić information content (AvgIpc) is 3.24. The molecule has 4 aromatic rings. The molecule has 0 saturated carbocycles. The van der Waals surface area contributed by atoms with Crippen molar-refractivity contribution in [2.45, 2.75) is 39.2 Å². The Labute approximate surface area is 202 Å². The largest absolute Gasteiger partial charge is 0.479 e. The molecule has 1 N–H and O–H groups in total. The lowest BCUT2D eigenvalue weighted by Gasteiger charge is -2.16. The number of hydrogen-bond acceptors (Lipinski definition) is 4. The predicted molar refractivity (Wildman–Crippen MR) is 133 cm³/mol. The standard InChI is InChI=1S/C26H24Cl2N2O3/c1-4-15(2)18-7-11-24-22(13-18)30-26(33-24)17-5-9-20(10-6-17)29-25(31)16(3)32-23-12-8-19(27)14-21(23)28/h5-16H,4H2,1-3H3,(H,29,31). The van der Waals surface area contributed by atoms with E-state index in [0.29, 0.717) is 33.3 Å². The molecule has 0 saturated heterocycles. The number of hydrogen-bond donors (Lipinski definition) is 1. The fraction of sp³-hybridized carbons (Fsp3) is 0.231. The smallest absolute Gasteiger partial charge is 0.265 e. The third-order valence-corrected chi connectivity index (χ3v) is 6.09. The highest BCUT2D eigenvalue weighted by molar-refractivity contribution is 6.35. The van der Waals surface area contributed by atoms with E-state index in [0.717, 1.165) is 23.1 Å². The van der Waals surface area contributed by atoms with Crippen LogP contribution in [0.1, 0.15) is 38.7 Å². The number of nitrogens with zero attached hydrogens (tertiary/aromatic N) is 1. The van der Waals surface area contributed by atoms with E-state index in [-0.39, 0.29) is 5.91 Å². The maximum atomic E-state index is 12.5. The number of ether oxygens (including phenoxy) is 1. The van der Waals surface area contributed by atoms with Crippen LogP contribution in [0.25, 0.3) is 22.6 Å².